The Labute approximate surface area is 350 Å². The average molecular weight is 828 g/mol. The van der Waals surface area contributed by atoms with Crippen LogP contribution in [0.5, 0.6) is 0 Å². The van der Waals surface area contributed by atoms with Gasteiger partial charge in [-0.3, -0.25) is 39.2 Å². The lowest BCUT2D eigenvalue weighted by Gasteiger charge is -2.27. The van der Waals surface area contributed by atoms with E-state index in [2.05, 4.69) is 42.6 Å². The predicted molar refractivity (Wildman–Crippen MR) is 224 cm³/mol. The van der Waals surface area contributed by atoms with Gasteiger partial charge in [-0.15, -0.1) is 10.2 Å². The molecule has 5 amide bonds. The van der Waals surface area contributed by atoms with Crippen LogP contribution in [0.3, 0.4) is 0 Å². The van der Waals surface area contributed by atoms with Gasteiger partial charge < -0.3 is 16.0 Å². The van der Waals surface area contributed by atoms with Gasteiger partial charge in [0, 0.05) is 56.0 Å². The van der Waals surface area contributed by atoms with Gasteiger partial charge in [-0.25, -0.2) is 4.52 Å². The molecule has 1 saturated carbocycles. The molecule has 5 aromatic rings. The maximum atomic E-state index is 13.1. The molecular formula is C43H45N11O5S. The standard InChI is InChI=1S/C43H45N11O5S/c1-45-33-21-34(35-15-13-29-19-25(22-44)23-48-54(29)35)47-24-32(33)41-52-51-40(60-41)26-8-10-27(11-9-26)49-37(55)7-5-3-2-4-6-18-46-28-12-14-30-31(20-28)43(59)53(42(30)58)36-16-17-38(56)50-39(36)57/h12-15,19-21,23-24,26-27,36,46H,2-11,16-18H2,1H3,(H,45,47)(H,49,55)(H,50,56,57)/t26-,27-,36?. The minimum atomic E-state index is -0.983. The maximum absolute atomic E-state index is 13.1. The molecule has 1 saturated heterocycles. The molecular weight excluding hydrogens is 783 g/mol. The number of piperidine rings is 1. The second kappa shape index (κ2) is 17.8. The van der Waals surface area contributed by atoms with Crippen LogP contribution in [0, 0.1) is 11.3 Å². The van der Waals surface area contributed by atoms with Crippen molar-refractivity contribution in [2.45, 2.75) is 95.1 Å². The zero-order valence-corrected chi connectivity index (χ0v) is 34.0. The summed E-state index contributed by atoms with van der Waals surface area (Å²) in [5.74, 6) is -1.66. The minimum Gasteiger partial charge on any atom is -0.387 e. The lowest BCUT2D eigenvalue weighted by Crippen LogP contribution is -2.54. The summed E-state index contributed by atoms with van der Waals surface area (Å²) >= 11 is 1.59. The van der Waals surface area contributed by atoms with Crippen molar-refractivity contribution in [2.24, 2.45) is 0 Å². The van der Waals surface area contributed by atoms with E-state index in [9.17, 15) is 29.2 Å². The zero-order chi connectivity index (χ0) is 41.8. The fourth-order valence-corrected chi connectivity index (χ4v) is 9.31. The van der Waals surface area contributed by atoms with E-state index in [-0.39, 0.29) is 35.9 Å². The second-order valence-corrected chi connectivity index (χ2v) is 16.5. The molecule has 4 N–H and O–H groups in total. The number of nitrogens with zero attached hydrogens (tertiary/aromatic N) is 7. The Kier molecular flexibility index (Phi) is 11.9. The van der Waals surface area contributed by atoms with Gasteiger partial charge in [-0.05, 0) is 87.4 Å². The summed E-state index contributed by atoms with van der Waals surface area (Å²) in [7, 11) is 1.87. The normalized spacial score (nSPS) is 18.9. The topological polar surface area (TPSA) is 216 Å². The van der Waals surface area contributed by atoms with Crippen molar-refractivity contribution in [1.82, 2.24) is 40.3 Å². The number of unbranched alkanes of at least 4 members (excludes halogenated alkanes) is 4. The number of carbonyl (C=O) groups is 5. The Morgan fingerprint density at radius 2 is 1.70 bits per heavy atom. The van der Waals surface area contributed by atoms with Gasteiger partial charge in [-0.1, -0.05) is 30.6 Å². The number of benzene rings is 1. The SMILES string of the molecule is CNc1cc(-c2ccc3cc(C#N)cnn23)ncc1-c1nnc([C@H]2CC[C@H](NC(=O)CCCCCCCNc3ccc4c(c3)C(=O)N(C3CCC(=O)NC3=O)C4=O)CC2)s1. The van der Waals surface area contributed by atoms with Crippen molar-refractivity contribution in [2.75, 3.05) is 24.2 Å². The zero-order valence-electron chi connectivity index (χ0n) is 33.2. The average Bonchev–Trinajstić information content (AvgIpc) is 3.98. The highest BCUT2D eigenvalue weighted by Gasteiger charge is 2.44. The summed E-state index contributed by atoms with van der Waals surface area (Å²) in [6.07, 6.45) is 12.4. The molecule has 0 bridgehead atoms. The number of fused-ring (bicyclic) bond motifs is 2. The van der Waals surface area contributed by atoms with Crippen molar-refractivity contribution in [1.29, 1.82) is 5.26 Å². The smallest absolute Gasteiger partial charge is 0.262 e. The number of aromatic nitrogens is 5. The molecule has 1 aromatic carbocycles. The van der Waals surface area contributed by atoms with Crippen LogP contribution < -0.4 is 21.3 Å². The highest BCUT2D eigenvalue weighted by Crippen LogP contribution is 2.39. The van der Waals surface area contributed by atoms with E-state index in [1.54, 1.807) is 46.3 Å². The number of imide groups is 2. The molecule has 6 heterocycles. The number of nitrogens with one attached hydrogen (secondary N) is 4. The van der Waals surface area contributed by atoms with Crippen LogP contribution >= 0.6 is 11.3 Å². The lowest BCUT2D eigenvalue weighted by atomic mass is 9.86. The van der Waals surface area contributed by atoms with Crippen molar-refractivity contribution in [3.8, 4) is 28.0 Å². The van der Waals surface area contributed by atoms with Crippen molar-refractivity contribution >= 4 is 57.8 Å². The Bertz CT molecular complexity index is 2520. The number of pyridine rings is 1. The van der Waals surface area contributed by atoms with Gasteiger partial charge in [0.15, 0.2) is 5.01 Å². The van der Waals surface area contributed by atoms with Crippen molar-refractivity contribution in [3.63, 3.8) is 0 Å². The molecule has 2 aliphatic heterocycles. The van der Waals surface area contributed by atoms with Crippen LogP contribution in [0.25, 0.3) is 27.5 Å². The Morgan fingerprint density at radius 3 is 2.50 bits per heavy atom. The van der Waals surface area contributed by atoms with E-state index < -0.39 is 29.7 Å². The first-order valence-electron chi connectivity index (χ1n) is 20.5. The molecule has 4 aromatic heterocycles. The van der Waals surface area contributed by atoms with Gasteiger partial charge in [0.1, 0.15) is 17.1 Å². The van der Waals surface area contributed by atoms with E-state index >= 15 is 0 Å². The van der Waals surface area contributed by atoms with Gasteiger partial charge in [0.25, 0.3) is 11.8 Å². The van der Waals surface area contributed by atoms with Gasteiger partial charge >= 0.3 is 0 Å². The Morgan fingerprint density at radius 1 is 0.900 bits per heavy atom. The third kappa shape index (κ3) is 8.46. The third-order valence-corrected chi connectivity index (χ3v) is 12.6. The molecule has 1 atom stereocenters. The first kappa shape index (κ1) is 40.2. The van der Waals surface area contributed by atoms with Gasteiger partial charge in [0.05, 0.1) is 45.4 Å². The monoisotopic (exact) mass is 827 g/mol. The highest BCUT2D eigenvalue weighted by molar-refractivity contribution is 7.14. The lowest BCUT2D eigenvalue weighted by molar-refractivity contribution is -0.136. The molecule has 16 nitrogen and oxygen atoms in total. The molecule has 1 unspecified atom stereocenters. The molecule has 60 heavy (non-hydrogen) atoms. The number of amides is 5. The first-order valence-corrected chi connectivity index (χ1v) is 21.3. The first-order chi connectivity index (χ1) is 29.2. The fraction of sp³-hybridized carbons (Fsp3) is 0.395. The quantitative estimate of drug-likeness (QED) is 0.0725. The van der Waals surface area contributed by atoms with E-state index in [0.29, 0.717) is 24.4 Å². The maximum Gasteiger partial charge on any atom is 0.262 e. The van der Waals surface area contributed by atoms with E-state index in [4.69, 9.17) is 4.98 Å². The van der Waals surface area contributed by atoms with E-state index in [1.807, 2.05) is 31.4 Å². The van der Waals surface area contributed by atoms with E-state index in [0.717, 1.165) is 107 Å². The minimum absolute atomic E-state index is 0.0812. The van der Waals surface area contributed by atoms with Crippen LogP contribution in [0.1, 0.15) is 114 Å². The summed E-state index contributed by atoms with van der Waals surface area (Å²) < 4.78 is 1.77. The van der Waals surface area contributed by atoms with Crippen LogP contribution in [-0.2, 0) is 14.4 Å². The number of carbonyl (C=O) groups excluding carboxylic acids is 5. The number of hydrogen-bond acceptors (Lipinski definition) is 13. The van der Waals surface area contributed by atoms with Crippen LogP contribution in [-0.4, -0.2) is 84.9 Å². The Hall–Kier alpha value is -6.54. The fourth-order valence-electron chi connectivity index (χ4n) is 8.27. The summed E-state index contributed by atoms with van der Waals surface area (Å²) in [6.45, 7) is 0.693. The summed E-state index contributed by atoms with van der Waals surface area (Å²) in [5.41, 5.74) is 5.88. The molecule has 0 radical (unpaired) electrons. The third-order valence-electron chi connectivity index (χ3n) is 11.5. The van der Waals surface area contributed by atoms with Gasteiger partial charge in [0.2, 0.25) is 17.7 Å². The molecule has 17 heteroatoms. The largest absolute Gasteiger partial charge is 0.387 e. The molecule has 308 valence electrons. The van der Waals surface area contributed by atoms with E-state index in [1.165, 1.54) is 0 Å². The molecule has 1 aliphatic carbocycles. The highest BCUT2D eigenvalue weighted by atomic mass is 32.1. The van der Waals surface area contributed by atoms with Crippen LogP contribution in [0.4, 0.5) is 11.4 Å². The van der Waals surface area contributed by atoms with Crippen molar-refractivity contribution < 1.29 is 24.0 Å². The number of anilines is 2. The summed E-state index contributed by atoms with van der Waals surface area (Å²) in [6, 6.07) is 13.9. The number of nitriles is 1. The molecule has 2 fully saturated rings. The number of hydrogen-bond donors (Lipinski definition) is 4. The summed E-state index contributed by atoms with van der Waals surface area (Å²) in [4.78, 5) is 68.3. The molecule has 0 spiro atoms. The second-order valence-electron chi connectivity index (χ2n) is 15.5. The summed E-state index contributed by atoms with van der Waals surface area (Å²) in [5, 5.41) is 36.6. The van der Waals surface area contributed by atoms with Crippen LogP contribution in [0.2, 0.25) is 0 Å². The Balaban J connectivity index is 0.724. The predicted octanol–water partition coefficient (Wildman–Crippen LogP) is 5.82. The van der Waals surface area contributed by atoms with Crippen LogP contribution in [0.15, 0.2) is 54.9 Å². The molecule has 8 rings (SSSR count). The van der Waals surface area contributed by atoms with Gasteiger partial charge in [-0.2, -0.15) is 10.4 Å². The number of rotatable bonds is 15. The molecule has 3 aliphatic rings. The van der Waals surface area contributed by atoms with Crippen molar-refractivity contribution in [3.05, 3.63) is 76.6 Å².